The Morgan fingerprint density at radius 1 is 1.00 bits per heavy atom. The van der Waals surface area contributed by atoms with Gasteiger partial charge in [0.05, 0.1) is 0 Å². The zero-order valence-corrected chi connectivity index (χ0v) is 22.8. The molecule has 0 saturated heterocycles. The van der Waals surface area contributed by atoms with E-state index in [1.807, 2.05) is 76.2 Å². The van der Waals surface area contributed by atoms with Gasteiger partial charge in [0.2, 0.25) is 11.8 Å². The predicted molar refractivity (Wildman–Crippen MR) is 142 cm³/mol. The summed E-state index contributed by atoms with van der Waals surface area (Å²) in [5.74, 6) is -0.623. The van der Waals surface area contributed by atoms with E-state index in [9.17, 15) is 14.4 Å². The van der Waals surface area contributed by atoms with Gasteiger partial charge in [-0.3, -0.25) is 9.59 Å². The number of hydrogen-bond acceptors (Lipinski definition) is 4. The molecule has 0 bridgehead atoms. The van der Waals surface area contributed by atoms with Crippen molar-refractivity contribution >= 4 is 17.9 Å². The molecule has 3 unspecified atom stereocenters. The van der Waals surface area contributed by atoms with E-state index in [0.29, 0.717) is 13.0 Å². The zero-order valence-electron chi connectivity index (χ0n) is 22.8. The first kappa shape index (κ1) is 28.9. The molecule has 0 aliphatic rings. The molecule has 0 fully saturated rings. The molecule has 0 aliphatic heterocycles. The van der Waals surface area contributed by atoms with Crippen molar-refractivity contribution in [1.29, 1.82) is 0 Å². The van der Waals surface area contributed by atoms with Gasteiger partial charge < -0.3 is 20.3 Å². The summed E-state index contributed by atoms with van der Waals surface area (Å²) in [6.07, 6.45) is -0.0395. The standard InChI is InChI=1S/C29H41N3O4/c1-9-21(4)32(27(34)22(5)31-28(35)36-29(6,7)8)25(24-17-19(2)15-16-20(24)3)26(33)30-18-23-13-11-10-12-14-23/h10-17,21-22,25H,9,18H2,1-8H3,(H,30,33)(H,31,35). The summed E-state index contributed by atoms with van der Waals surface area (Å²) in [5, 5.41) is 5.67. The van der Waals surface area contributed by atoms with E-state index < -0.39 is 23.8 Å². The van der Waals surface area contributed by atoms with Gasteiger partial charge in [-0.25, -0.2) is 4.79 Å². The van der Waals surface area contributed by atoms with Crippen LogP contribution in [-0.2, 0) is 20.9 Å². The predicted octanol–water partition coefficient (Wildman–Crippen LogP) is 5.20. The number of ether oxygens (including phenoxy) is 1. The average molecular weight is 496 g/mol. The Hall–Kier alpha value is -3.35. The Morgan fingerprint density at radius 2 is 1.64 bits per heavy atom. The molecule has 7 nitrogen and oxygen atoms in total. The summed E-state index contributed by atoms with van der Waals surface area (Å²) in [5.41, 5.74) is 2.94. The minimum absolute atomic E-state index is 0.257. The van der Waals surface area contributed by atoms with Crippen molar-refractivity contribution in [3.05, 3.63) is 70.8 Å². The number of amides is 3. The molecule has 2 aromatic carbocycles. The van der Waals surface area contributed by atoms with Crippen LogP contribution in [0.5, 0.6) is 0 Å². The lowest BCUT2D eigenvalue weighted by Gasteiger charge is -2.38. The second-order valence-corrected chi connectivity index (χ2v) is 10.3. The Kier molecular flexibility index (Phi) is 10.1. The minimum atomic E-state index is -0.886. The van der Waals surface area contributed by atoms with Gasteiger partial charge in [0, 0.05) is 12.6 Å². The molecule has 0 aliphatic carbocycles. The number of carbonyl (C=O) groups is 3. The third-order valence-corrected chi connectivity index (χ3v) is 5.99. The van der Waals surface area contributed by atoms with Gasteiger partial charge in [0.15, 0.2) is 0 Å². The topological polar surface area (TPSA) is 87.7 Å². The number of hydrogen-bond donors (Lipinski definition) is 2. The molecule has 3 atom stereocenters. The summed E-state index contributed by atoms with van der Waals surface area (Å²) < 4.78 is 5.34. The summed E-state index contributed by atoms with van der Waals surface area (Å²) >= 11 is 0. The van der Waals surface area contributed by atoms with E-state index in [1.54, 1.807) is 32.6 Å². The molecule has 3 amide bonds. The number of benzene rings is 2. The molecule has 0 saturated carbocycles. The third kappa shape index (κ3) is 8.11. The summed E-state index contributed by atoms with van der Waals surface area (Å²) in [6.45, 7) is 15.0. The van der Waals surface area contributed by atoms with E-state index >= 15 is 0 Å². The second kappa shape index (κ2) is 12.6. The molecule has 2 N–H and O–H groups in total. The molecular formula is C29H41N3O4. The third-order valence-electron chi connectivity index (χ3n) is 5.99. The highest BCUT2D eigenvalue weighted by Gasteiger charge is 2.37. The van der Waals surface area contributed by atoms with Gasteiger partial charge >= 0.3 is 6.09 Å². The van der Waals surface area contributed by atoms with Crippen LogP contribution in [0.25, 0.3) is 0 Å². The van der Waals surface area contributed by atoms with Crippen LogP contribution >= 0.6 is 0 Å². The molecule has 36 heavy (non-hydrogen) atoms. The zero-order chi connectivity index (χ0) is 27.0. The largest absolute Gasteiger partial charge is 0.444 e. The Bertz CT molecular complexity index is 1050. The van der Waals surface area contributed by atoms with Crippen molar-refractivity contribution in [2.45, 2.75) is 92.1 Å². The van der Waals surface area contributed by atoms with E-state index in [2.05, 4.69) is 10.6 Å². The van der Waals surface area contributed by atoms with Crippen molar-refractivity contribution in [3.63, 3.8) is 0 Å². The Morgan fingerprint density at radius 3 is 2.22 bits per heavy atom. The molecule has 196 valence electrons. The van der Waals surface area contributed by atoms with E-state index in [4.69, 9.17) is 4.74 Å². The number of carbonyl (C=O) groups excluding carboxylic acids is 3. The lowest BCUT2D eigenvalue weighted by atomic mass is 9.94. The van der Waals surface area contributed by atoms with E-state index in [1.165, 1.54) is 0 Å². The molecule has 0 aromatic heterocycles. The number of aryl methyl sites for hydroxylation is 2. The quantitative estimate of drug-likeness (QED) is 0.500. The first-order valence-corrected chi connectivity index (χ1v) is 12.5. The molecule has 2 rings (SSSR count). The SMILES string of the molecule is CCC(C)N(C(=O)C(C)NC(=O)OC(C)(C)C)C(C(=O)NCc1ccccc1)c1cc(C)ccc1C. The van der Waals surface area contributed by atoms with Gasteiger partial charge in [-0.1, -0.05) is 61.0 Å². The van der Waals surface area contributed by atoms with Crippen LogP contribution in [0.4, 0.5) is 4.79 Å². The average Bonchev–Trinajstić information content (AvgIpc) is 2.81. The molecular weight excluding hydrogens is 454 g/mol. The van der Waals surface area contributed by atoms with E-state index in [0.717, 1.165) is 22.3 Å². The molecule has 2 aromatic rings. The lowest BCUT2D eigenvalue weighted by Crippen LogP contribution is -2.54. The summed E-state index contributed by atoms with van der Waals surface area (Å²) in [4.78, 5) is 41.6. The maximum absolute atomic E-state index is 13.8. The second-order valence-electron chi connectivity index (χ2n) is 10.3. The van der Waals surface area contributed by atoms with Gasteiger partial charge in [-0.15, -0.1) is 0 Å². The Labute approximate surface area is 215 Å². The molecule has 0 spiro atoms. The summed E-state index contributed by atoms with van der Waals surface area (Å²) in [6, 6.07) is 13.5. The fraction of sp³-hybridized carbons (Fsp3) is 0.483. The fourth-order valence-corrected chi connectivity index (χ4v) is 3.92. The normalized spacial score (nSPS) is 13.8. The van der Waals surface area contributed by atoms with Gasteiger partial charge in [-0.2, -0.15) is 0 Å². The molecule has 7 heteroatoms. The number of alkyl carbamates (subject to hydrolysis) is 1. The number of nitrogens with one attached hydrogen (secondary N) is 2. The summed E-state index contributed by atoms with van der Waals surface area (Å²) in [7, 11) is 0. The Balaban J connectivity index is 2.44. The van der Waals surface area contributed by atoms with Crippen LogP contribution in [-0.4, -0.2) is 40.5 Å². The highest BCUT2D eigenvalue weighted by molar-refractivity contribution is 5.92. The molecule has 0 radical (unpaired) electrons. The maximum Gasteiger partial charge on any atom is 0.408 e. The first-order chi connectivity index (χ1) is 16.8. The fourth-order valence-electron chi connectivity index (χ4n) is 3.92. The van der Waals surface area contributed by atoms with Crippen molar-refractivity contribution in [2.75, 3.05) is 0 Å². The minimum Gasteiger partial charge on any atom is -0.444 e. The van der Waals surface area contributed by atoms with Gasteiger partial charge in [0.1, 0.15) is 17.7 Å². The lowest BCUT2D eigenvalue weighted by molar-refractivity contribution is -0.144. The number of nitrogens with zero attached hydrogens (tertiary/aromatic N) is 1. The van der Waals surface area contributed by atoms with Crippen LogP contribution in [0, 0.1) is 13.8 Å². The van der Waals surface area contributed by atoms with Gasteiger partial charge in [0.25, 0.3) is 0 Å². The van der Waals surface area contributed by atoms with Crippen molar-refractivity contribution in [3.8, 4) is 0 Å². The van der Waals surface area contributed by atoms with E-state index in [-0.39, 0.29) is 17.9 Å². The maximum atomic E-state index is 13.8. The highest BCUT2D eigenvalue weighted by Crippen LogP contribution is 2.29. The van der Waals surface area contributed by atoms with Crippen LogP contribution < -0.4 is 10.6 Å². The number of rotatable bonds is 9. The monoisotopic (exact) mass is 495 g/mol. The highest BCUT2D eigenvalue weighted by atomic mass is 16.6. The van der Waals surface area contributed by atoms with Crippen LogP contribution in [0.15, 0.2) is 48.5 Å². The first-order valence-electron chi connectivity index (χ1n) is 12.5. The smallest absolute Gasteiger partial charge is 0.408 e. The molecule has 0 heterocycles. The van der Waals surface area contributed by atoms with Crippen molar-refractivity contribution in [1.82, 2.24) is 15.5 Å². The van der Waals surface area contributed by atoms with Crippen molar-refractivity contribution in [2.24, 2.45) is 0 Å². The van der Waals surface area contributed by atoms with Crippen LogP contribution in [0.3, 0.4) is 0 Å². The van der Waals surface area contributed by atoms with Crippen LogP contribution in [0.2, 0.25) is 0 Å². The van der Waals surface area contributed by atoms with Gasteiger partial charge in [-0.05, 0) is 71.6 Å². The van der Waals surface area contributed by atoms with Crippen LogP contribution in [0.1, 0.15) is 76.3 Å². The van der Waals surface area contributed by atoms with Crippen molar-refractivity contribution < 1.29 is 19.1 Å².